The van der Waals surface area contributed by atoms with E-state index < -0.39 is 28.0 Å². The van der Waals surface area contributed by atoms with Crippen molar-refractivity contribution in [3.8, 4) is 5.75 Å². The number of aromatic carboxylic acids is 1. The molecule has 1 atom stereocenters. The number of halogens is 1. The first-order valence-electron chi connectivity index (χ1n) is 8.41. The number of carbonyl (C=O) groups is 2. The fraction of sp³-hybridized carbons (Fsp3) is 0.263. The monoisotopic (exact) mass is 405 g/mol. The van der Waals surface area contributed by atoms with Crippen molar-refractivity contribution < 1.29 is 29.5 Å². The zero-order chi connectivity index (χ0) is 20.5. The quantitative estimate of drug-likeness (QED) is 0.554. The van der Waals surface area contributed by atoms with Crippen molar-refractivity contribution in [1.82, 2.24) is 0 Å². The number of hydrogen-bond acceptors (Lipinski definition) is 5. The Morgan fingerprint density at radius 1 is 1.21 bits per heavy atom. The zero-order valence-corrected chi connectivity index (χ0v) is 15.3. The topological polar surface area (TPSA) is 127 Å². The largest absolute Gasteiger partial charge is 0.485 e. The van der Waals surface area contributed by atoms with E-state index in [1.165, 1.54) is 12.1 Å². The predicted octanol–water partition coefficient (Wildman–Crippen LogP) is 3.68. The number of fused-ring (bicyclic) bond motifs is 1. The van der Waals surface area contributed by atoms with Crippen molar-refractivity contribution in [3.63, 3.8) is 0 Å². The van der Waals surface area contributed by atoms with Crippen LogP contribution in [-0.4, -0.2) is 33.7 Å². The minimum absolute atomic E-state index is 0.184. The number of nitro groups is 1. The van der Waals surface area contributed by atoms with E-state index in [1.807, 2.05) is 0 Å². The Labute approximate surface area is 164 Å². The summed E-state index contributed by atoms with van der Waals surface area (Å²) in [5, 5.41) is 30.8. The van der Waals surface area contributed by atoms with E-state index in [0.717, 1.165) is 11.6 Å². The molecule has 146 valence electrons. The lowest BCUT2D eigenvalue weighted by Gasteiger charge is -2.35. The number of nitro benzene ring substituents is 1. The molecule has 0 fully saturated rings. The summed E-state index contributed by atoms with van der Waals surface area (Å²) in [5.74, 6) is -2.59. The number of ether oxygens (including phenoxy) is 1. The Morgan fingerprint density at radius 3 is 2.61 bits per heavy atom. The SMILES string of the molecule is O=C(O)c1ccc(OC[C@@]2(C(=O)O)CCCc3cc(Cl)ccc32)c([N+](=O)[O-])c1. The van der Waals surface area contributed by atoms with Gasteiger partial charge < -0.3 is 14.9 Å². The van der Waals surface area contributed by atoms with Gasteiger partial charge in [0.15, 0.2) is 5.75 Å². The molecule has 0 aromatic heterocycles. The van der Waals surface area contributed by atoms with Gasteiger partial charge in [-0.05, 0) is 54.7 Å². The first-order chi connectivity index (χ1) is 13.2. The molecule has 0 amide bonds. The Morgan fingerprint density at radius 2 is 1.96 bits per heavy atom. The Kier molecular flexibility index (Phi) is 5.24. The smallest absolute Gasteiger partial charge is 0.335 e. The Balaban J connectivity index is 1.98. The average Bonchev–Trinajstić information content (AvgIpc) is 2.65. The summed E-state index contributed by atoms with van der Waals surface area (Å²) >= 11 is 6.02. The second kappa shape index (κ2) is 7.47. The van der Waals surface area contributed by atoms with Gasteiger partial charge in [-0.15, -0.1) is 0 Å². The molecule has 3 rings (SSSR count). The van der Waals surface area contributed by atoms with Crippen LogP contribution in [0.15, 0.2) is 36.4 Å². The molecule has 0 aliphatic heterocycles. The molecular weight excluding hydrogens is 390 g/mol. The van der Waals surface area contributed by atoms with Crippen molar-refractivity contribution in [2.24, 2.45) is 0 Å². The van der Waals surface area contributed by atoms with Crippen LogP contribution in [0.4, 0.5) is 5.69 Å². The number of aryl methyl sites for hydroxylation is 1. The highest BCUT2D eigenvalue weighted by molar-refractivity contribution is 6.30. The number of benzene rings is 2. The third-order valence-corrected chi connectivity index (χ3v) is 5.15. The molecule has 0 saturated carbocycles. The molecule has 2 aromatic carbocycles. The third kappa shape index (κ3) is 3.50. The summed E-state index contributed by atoms with van der Waals surface area (Å²) in [7, 11) is 0. The summed E-state index contributed by atoms with van der Waals surface area (Å²) in [6.45, 7) is -0.329. The molecule has 2 N–H and O–H groups in total. The minimum atomic E-state index is -1.38. The van der Waals surface area contributed by atoms with Gasteiger partial charge in [0.1, 0.15) is 12.0 Å². The maximum Gasteiger partial charge on any atom is 0.335 e. The molecule has 8 nitrogen and oxygen atoms in total. The molecule has 0 heterocycles. The van der Waals surface area contributed by atoms with Crippen LogP contribution in [0.3, 0.4) is 0 Å². The molecule has 1 aliphatic rings. The number of carboxylic acid groups (broad SMARTS) is 2. The molecule has 0 spiro atoms. The Bertz CT molecular complexity index is 975. The van der Waals surface area contributed by atoms with Gasteiger partial charge in [-0.3, -0.25) is 14.9 Å². The Hall–Kier alpha value is -3.13. The summed E-state index contributed by atoms with van der Waals surface area (Å²) < 4.78 is 5.58. The third-order valence-electron chi connectivity index (χ3n) is 4.92. The van der Waals surface area contributed by atoms with Gasteiger partial charge in [0, 0.05) is 11.1 Å². The number of aliphatic carboxylic acids is 1. The van der Waals surface area contributed by atoms with Crippen molar-refractivity contribution in [2.75, 3.05) is 6.61 Å². The molecule has 0 saturated heterocycles. The first-order valence-corrected chi connectivity index (χ1v) is 8.79. The van der Waals surface area contributed by atoms with Crippen LogP contribution in [-0.2, 0) is 16.6 Å². The average molecular weight is 406 g/mol. The van der Waals surface area contributed by atoms with Crippen molar-refractivity contribution >= 4 is 29.2 Å². The first kappa shape index (κ1) is 19.6. The number of rotatable bonds is 6. The van der Waals surface area contributed by atoms with Gasteiger partial charge in [-0.25, -0.2) is 4.79 Å². The number of hydrogen-bond donors (Lipinski definition) is 2. The second-order valence-electron chi connectivity index (χ2n) is 6.58. The normalized spacial score (nSPS) is 18.2. The van der Waals surface area contributed by atoms with Gasteiger partial charge >= 0.3 is 17.6 Å². The maximum atomic E-state index is 12.2. The summed E-state index contributed by atoms with van der Waals surface area (Å²) in [5.41, 5.74) is -0.796. The van der Waals surface area contributed by atoms with E-state index in [2.05, 4.69) is 0 Å². The minimum Gasteiger partial charge on any atom is -0.485 e. The predicted molar refractivity (Wildman–Crippen MR) is 99.3 cm³/mol. The summed E-state index contributed by atoms with van der Waals surface area (Å²) in [6.07, 6.45) is 1.58. The van der Waals surface area contributed by atoms with E-state index in [0.29, 0.717) is 29.8 Å². The van der Waals surface area contributed by atoms with E-state index in [1.54, 1.807) is 18.2 Å². The van der Waals surface area contributed by atoms with Gasteiger partial charge in [0.05, 0.1) is 10.5 Å². The van der Waals surface area contributed by atoms with Crippen LogP contribution < -0.4 is 4.74 Å². The van der Waals surface area contributed by atoms with E-state index in [-0.39, 0.29) is 17.9 Å². The van der Waals surface area contributed by atoms with Gasteiger partial charge in [0.2, 0.25) is 0 Å². The lowest BCUT2D eigenvalue weighted by atomic mass is 9.70. The van der Waals surface area contributed by atoms with Crippen LogP contribution in [0.2, 0.25) is 5.02 Å². The maximum absolute atomic E-state index is 12.2. The van der Waals surface area contributed by atoms with Crippen molar-refractivity contribution in [2.45, 2.75) is 24.7 Å². The number of carboxylic acids is 2. The van der Waals surface area contributed by atoms with Gasteiger partial charge in [0.25, 0.3) is 0 Å². The zero-order valence-electron chi connectivity index (χ0n) is 14.6. The number of nitrogens with zero attached hydrogens (tertiary/aromatic N) is 1. The van der Waals surface area contributed by atoms with Crippen LogP contribution in [0.1, 0.15) is 34.3 Å². The highest BCUT2D eigenvalue weighted by Crippen LogP contribution is 2.40. The fourth-order valence-electron chi connectivity index (χ4n) is 3.50. The van der Waals surface area contributed by atoms with Crippen molar-refractivity contribution in [1.29, 1.82) is 0 Å². The standard InChI is InChI=1S/C19H16ClNO7/c20-13-4-5-14-11(8-13)2-1-7-19(14,18(24)25)10-28-16-6-3-12(17(22)23)9-15(16)21(26)27/h3-6,8-9H,1-2,7,10H2,(H,22,23)(H,24,25)/t19-/m0/s1. The molecule has 2 aromatic rings. The van der Waals surface area contributed by atoms with Gasteiger partial charge in [-0.1, -0.05) is 17.7 Å². The molecule has 0 unspecified atom stereocenters. The molecule has 28 heavy (non-hydrogen) atoms. The summed E-state index contributed by atoms with van der Waals surface area (Å²) in [6, 6.07) is 8.21. The highest BCUT2D eigenvalue weighted by atomic mass is 35.5. The molecule has 1 aliphatic carbocycles. The van der Waals surface area contributed by atoms with Crippen LogP contribution in [0.25, 0.3) is 0 Å². The van der Waals surface area contributed by atoms with Crippen LogP contribution in [0.5, 0.6) is 5.75 Å². The second-order valence-corrected chi connectivity index (χ2v) is 7.01. The highest BCUT2D eigenvalue weighted by Gasteiger charge is 2.45. The van der Waals surface area contributed by atoms with E-state index in [4.69, 9.17) is 21.4 Å². The molecule has 0 radical (unpaired) electrons. The lowest BCUT2D eigenvalue weighted by Crippen LogP contribution is -2.44. The molecule has 0 bridgehead atoms. The van der Waals surface area contributed by atoms with Crippen LogP contribution >= 0.6 is 11.6 Å². The van der Waals surface area contributed by atoms with Crippen molar-refractivity contribution in [3.05, 3.63) is 68.2 Å². The van der Waals surface area contributed by atoms with E-state index >= 15 is 0 Å². The lowest BCUT2D eigenvalue weighted by molar-refractivity contribution is -0.386. The van der Waals surface area contributed by atoms with E-state index in [9.17, 15) is 24.8 Å². The fourth-order valence-corrected chi connectivity index (χ4v) is 3.70. The molecular formula is C19H16ClNO7. The summed E-state index contributed by atoms with van der Waals surface area (Å²) in [4.78, 5) is 33.8. The van der Waals surface area contributed by atoms with Gasteiger partial charge in [-0.2, -0.15) is 0 Å². The molecule has 9 heteroatoms. The van der Waals surface area contributed by atoms with Crippen LogP contribution in [0, 0.1) is 10.1 Å².